The number of nitrogens with zero attached hydrogens (tertiary/aromatic N) is 3. The maximum atomic E-state index is 12.2. The van der Waals surface area contributed by atoms with Crippen LogP contribution in [0.15, 0.2) is 30.3 Å². The molecule has 1 heterocycles. The van der Waals surface area contributed by atoms with Gasteiger partial charge in [-0.1, -0.05) is 24.3 Å². The fourth-order valence-electron chi connectivity index (χ4n) is 2.37. The van der Waals surface area contributed by atoms with Crippen molar-refractivity contribution in [3.05, 3.63) is 35.9 Å². The van der Waals surface area contributed by atoms with Crippen molar-refractivity contribution in [2.45, 2.75) is 33.4 Å². The Kier molecular flexibility index (Phi) is 6.11. The highest BCUT2D eigenvalue weighted by Gasteiger charge is 2.15. The first-order chi connectivity index (χ1) is 11.4. The number of aryl methyl sites for hydroxylation is 1. The second-order valence-corrected chi connectivity index (χ2v) is 6.23. The molecule has 0 aliphatic heterocycles. The zero-order valence-electron chi connectivity index (χ0n) is 14.8. The average Bonchev–Trinajstić information content (AvgIpc) is 2.90. The Morgan fingerprint density at radius 1 is 1.38 bits per heavy atom. The van der Waals surface area contributed by atoms with E-state index in [1.165, 1.54) is 0 Å². The smallest absolute Gasteiger partial charge is 0.239 e. The molecule has 0 radical (unpaired) electrons. The van der Waals surface area contributed by atoms with Gasteiger partial charge in [-0.3, -0.25) is 9.69 Å². The van der Waals surface area contributed by atoms with Crippen LogP contribution >= 0.6 is 0 Å². The van der Waals surface area contributed by atoms with Crippen molar-refractivity contribution < 1.29 is 9.90 Å². The summed E-state index contributed by atoms with van der Waals surface area (Å²) in [4.78, 5) is 14.2. The summed E-state index contributed by atoms with van der Waals surface area (Å²) in [5.74, 6) is 0.506. The number of nitrogens with one attached hydrogen (secondary N) is 1. The minimum atomic E-state index is -0.0957. The summed E-state index contributed by atoms with van der Waals surface area (Å²) in [5.41, 5.74) is 2.92. The molecule has 1 amide bonds. The van der Waals surface area contributed by atoms with Crippen LogP contribution in [0.3, 0.4) is 0 Å². The van der Waals surface area contributed by atoms with Crippen LogP contribution < -0.4 is 5.32 Å². The molecule has 0 spiro atoms. The molecule has 0 saturated heterocycles. The van der Waals surface area contributed by atoms with Gasteiger partial charge in [0.1, 0.15) is 5.82 Å². The minimum Gasteiger partial charge on any atom is -0.394 e. The molecule has 0 unspecified atom stereocenters. The van der Waals surface area contributed by atoms with Gasteiger partial charge in [0.05, 0.1) is 25.4 Å². The van der Waals surface area contributed by atoms with Gasteiger partial charge in [-0.05, 0) is 33.4 Å². The van der Waals surface area contributed by atoms with Crippen molar-refractivity contribution in [1.29, 1.82) is 0 Å². The number of hydrogen-bond donors (Lipinski definition) is 2. The molecule has 0 fully saturated rings. The van der Waals surface area contributed by atoms with Crippen LogP contribution in [0.25, 0.3) is 11.3 Å². The number of carbonyl (C=O) groups excluding carboxylic acids is 1. The summed E-state index contributed by atoms with van der Waals surface area (Å²) in [6.07, 6.45) is 0. The molecule has 2 aromatic rings. The second kappa shape index (κ2) is 8.08. The lowest BCUT2D eigenvalue weighted by Crippen LogP contribution is -2.35. The van der Waals surface area contributed by atoms with Crippen molar-refractivity contribution in [2.24, 2.45) is 0 Å². The molecule has 0 saturated carbocycles. The second-order valence-electron chi connectivity index (χ2n) is 6.23. The Balaban J connectivity index is 2.23. The zero-order valence-corrected chi connectivity index (χ0v) is 14.8. The van der Waals surface area contributed by atoms with E-state index in [4.69, 9.17) is 0 Å². The molecule has 1 aromatic carbocycles. The monoisotopic (exact) mass is 330 g/mol. The maximum Gasteiger partial charge on any atom is 0.239 e. The van der Waals surface area contributed by atoms with Crippen LogP contribution in [-0.2, 0) is 11.3 Å². The molecule has 6 heteroatoms. The standard InChI is InChI=1S/C18H26N4O2/c1-13(2)21(4)12-18(24)19-17-11-16(20-22(17)9-10-23)15-8-6-5-7-14(15)3/h5-8,11,13,23H,9-10,12H2,1-4H3,(H,19,24). The number of likely N-dealkylation sites (N-methyl/N-ethyl adjacent to an activating group) is 1. The van der Waals surface area contributed by atoms with Gasteiger partial charge in [-0.2, -0.15) is 5.10 Å². The summed E-state index contributed by atoms with van der Waals surface area (Å²) < 4.78 is 1.63. The molecule has 0 bridgehead atoms. The fraction of sp³-hybridized carbons (Fsp3) is 0.444. The molecule has 130 valence electrons. The Hall–Kier alpha value is -2.18. The normalized spacial score (nSPS) is 11.3. The van der Waals surface area contributed by atoms with E-state index >= 15 is 0 Å². The van der Waals surface area contributed by atoms with Crippen LogP contribution in [-0.4, -0.2) is 51.9 Å². The van der Waals surface area contributed by atoms with Gasteiger partial charge >= 0.3 is 0 Å². The van der Waals surface area contributed by atoms with E-state index in [0.717, 1.165) is 16.8 Å². The lowest BCUT2D eigenvalue weighted by atomic mass is 10.1. The third-order valence-electron chi connectivity index (χ3n) is 4.05. The van der Waals surface area contributed by atoms with Gasteiger partial charge in [-0.25, -0.2) is 4.68 Å². The number of hydrogen-bond acceptors (Lipinski definition) is 4. The van der Waals surface area contributed by atoms with Crippen molar-refractivity contribution in [1.82, 2.24) is 14.7 Å². The first kappa shape index (κ1) is 18.2. The quantitative estimate of drug-likeness (QED) is 0.816. The predicted octanol–water partition coefficient (Wildman–Crippen LogP) is 2.13. The summed E-state index contributed by atoms with van der Waals surface area (Å²) >= 11 is 0. The van der Waals surface area contributed by atoms with Gasteiger partial charge in [0.25, 0.3) is 0 Å². The highest BCUT2D eigenvalue weighted by molar-refractivity contribution is 5.92. The van der Waals surface area contributed by atoms with E-state index < -0.39 is 0 Å². The Bertz CT molecular complexity index is 694. The lowest BCUT2D eigenvalue weighted by Gasteiger charge is -2.20. The number of amides is 1. The molecule has 2 rings (SSSR count). The van der Waals surface area contributed by atoms with Crippen molar-refractivity contribution in [2.75, 3.05) is 25.5 Å². The summed E-state index contributed by atoms with van der Waals surface area (Å²) in [5, 5.41) is 16.7. The number of aromatic nitrogens is 2. The molecular formula is C18H26N4O2. The van der Waals surface area contributed by atoms with Crippen molar-refractivity contribution >= 4 is 11.7 Å². The van der Waals surface area contributed by atoms with Gasteiger partial charge in [0.2, 0.25) is 5.91 Å². The highest BCUT2D eigenvalue weighted by Crippen LogP contribution is 2.24. The van der Waals surface area contributed by atoms with Crippen LogP contribution in [0.1, 0.15) is 19.4 Å². The van der Waals surface area contributed by atoms with E-state index in [2.05, 4.69) is 10.4 Å². The van der Waals surface area contributed by atoms with E-state index in [0.29, 0.717) is 24.9 Å². The van der Waals surface area contributed by atoms with E-state index in [1.54, 1.807) is 4.68 Å². The van der Waals surface area contributed by atoms with E-state index in [-0.39, 0.29) is 12.5 Å². The largest absolute Gasteiger partial charge is 0.394 e. The first-order valence-corrected chi connectivity index (χ1v) is 8.17. The molecule has 24 heavy (non-hydrogen) atoms. The maximum absolute atomic E-state index is 12.2. The number of benzene rings is 1. The van der Waals surface area contributed by atoms with Crippen molar-refractivity contribution in [3.8, 4) is 11.3 Å². The van der Waals surface area contributed by atoms with Gasteiger partial charge in [-0.15, -0.1) is 0 Å². The van der Waals surface area contributed by atoms with Crippen LogP contribution in [0, 0.1) is 6.92 Å². The van der Waals surface area contributed by atoms with Crippen LogP contribution in [0.2, 0.25) is 0 Å². The summed E-state index contributed by atoms with van der Waals surface area (Å²) in [6, 6.07) is 10.1. The van der Waals surface area contributed by atoms with Gasteiger partial charge in [0, 0.05) is 17.7 Å². The highest BCUT2D eigenvalue weighted by atomic mass is 16.3. The third-order valence-corrected chi connectivity index (χ3v) is 4.05. The minimum absolute atomic E-state index is 0.0380. The molecule has 2 N–H and O–H groups in total. The zero-order chi connectivity index (χ0) is 17.7. The fourth-order valence-corrected chi connectivity index (χ4v) is 2.37. The topological polar surface area (TPSA) is 70.4 Å². The van der Waals surface area contributed by atoms with E-state index in [1.807, 2.05) is 63.1 Å². The number of aliphatic hydroxyl groups is 1. The molecule has 0 atom stereocenters. The molecule has 1 aromatic heterocycles. The third kappa shape index (κ3) is 4.43. The summed E-state index contributed by atoms with van der Waals surface area (Å²) in [7, 11) is 1.91. The molecule has 6 nitrogen and oxygen atoms in total. The molecule has 0 aliphatic rings. The van der Waals surface area contributed by atoms with Gasteiger partial charge < -0.3 is 10.4 Å². The van der Waals surface area contributed by atoms with Gasteiger partial charge in [0.15, 0.2) is 0 Å². The number of anilines is 1. The van der Waals surface area contributed by atoms with E-state index in [9.17, 15) is 9.90 Å². The van der Waals surface area contributed by atoms with Crippen molar-refractivity contribution in [3.63, 3.8) is 0 Å². The Morgan fingerprint density at radius 2 is 2.08 bits per heavy atom. The lowest BCUT2D eigenvalue weighted by molar-refractivity contribution is -0.117. The molecular weight excluding hydrogens is 304 g/mol. The number of aliphatic hydroxyl groups excluding tert-OH is 1. The average molecular weight is 330 g/mol. The predicted molar refractivity (Wildman–Crippen MR) is 95.9 cm³/mol. The first-order valence-electron chi connectivity index (χ1n) is 8.17. The van der Waals surface area contributed by atoms with Crippen LogP contribution in [0.4, 0.5) is 5.82 Å². The van der Waals surface area contributed by atoms with Crippen LogP contribution in [0.5, 0.6) is 0 Å². The SMILES string of the molecule is Cc1ccccc1-c1cc(NC(=O)CN(C)C(C)C)n(CCO)n1. The number of rotatable bonds is 7. The Labute approximate surface area is 143 Å². The molecule has 0 aliphatic carbocycles. The Morgan fingerprint density at radius 3 is 2.71 bits per heavy atom. The number of carbonyl (C=O) groups is 1. The summed E-state index contributed by atoms with van der Waals surface area (Å²) in [6.45, 7) is 6.71.